The van der Waals surface area contributed by atoms with Crippen LogP contribution in [0.15, 0.2) is 24.4 Å². The van der Waals surface area contributed by atoms with Crippen LogP contribution in [-0.2, 0) is 6.54 Å². The number of fused-ring (bicyclic) bond motifs is 1. The SMILES string of the molecule is CCN(CC)CCn1ccc2c(OC)cc(OC)cc21. The summed E-state index contributed by atoms with van der Waals surface area (Å²) in [5, 5.41) is 1.13. The number of hydrogen-bond donors (Lipinski definition) is 0. The molecule has 1 aromatic carbocycles. The van der Waals surface area contributed by atoms with Crippen molar-refractivity contribution in [1.82, 2.24) is 9.47 Å². The summed E-state index contributed by atoms with van der Waals surface area (Å²) in [5.74, 6) is 1.69. The van der Waals surface area contributed by atoms with E-state index in [1.165, 1.54) is 0 Å². The van der Waals surface area contributed by atoms with E-state index in [4.69, 9.17) is 9.47 Å². The van der Waals surface area contributed by atoms with Crippen LogP contribution in [0.4, 0.5) is 0 Å². The first-order valence-corrected chi connectivity index (χ1v) is 7.16. The lowest BCUT2D eigenvalue weighted by Crippen LogP contribution is -2.26. The number of nitrogens with zero attached hydrogens (tertiary/aromatic N) is 2. The number of likely N-dealkylation sites (N-methyl/N-ethyl adjacent to an activating group) is 1. The predicted molar refractivity (Wildman–Crippen MR) is 82.8 cm³/mol. The van der Waals surface area contributed by atoms with Crippen LogP contribution in [0.25, 0.3) is 10.9 Å². The summed E-state index contributed by atoms with van der Waals surface area (Å²) in [4.78, 5) is 2.42. The predicted octanol–water partition coefficient (Wildman–Crippen LogP) is 3.00. The number of rotatable bonds is 7. The molecule has 4 heteroatoms. The van der Waals surface area contributed by atoms with Gasteiger partial charge in [-0.1, -0.05) is 13.8 Å². The van der Waals surface area contributed by atoms with Crippen molar-refractivity contribution in [3.05, 3.63) is 24.4 Å². The Hall–Kier alpha value is -1.68. The standard InChI is InChI=1S/C16H24N2O2/c1-5-17(6-2)9-10-18-8-7-14-15(18)11-13(19-3)12-16(14)20-4/h7-8,11-12H,5-6,9-10H2,1-4H3. The molecular weight excluding hydrogens is 252 g/mol. The van der Waals surface area contributed by atoms with E-state index >= 15 is 0 Å². The highest BCUT2D eigenvalue weighted by Crippen LogP contribution is 2.31. The van der Waals surface area contributed by atoms with Crippen LogP contribution in [0.5, 0.6) is 11.5 Å². The fraction of sp³-hybridized carbons (Fsp3) is 0.500. The number of methoxy groups -OCH3 is 2. The Kier molecular flexibility index (Phi) is 4.90. The van der Waals surface area contributed by atoms with E-state index in [1.54, 1.807) is 14.2 Å². The summed E-state index contributed by atoms with van der Waals surface area (Å²) in [6.07, 6.45) is 2.12. The summed E-state index contributed by atoms with van der Waals surface area (Å²) >= 11 is 0. The minimum atomic E-state index is 0.831. The highest BCUT2D eigenvalue weighted by Gasteiger charge is 2.10. The third kappa shape index (κ3) is 2.90. The van der Waals surface area contributed by atoms with Crippen molar-refractivity contribution in [1.29, 1.82) is 0 Å². The lowest BCUT2D eigenvalue weighted by molar-refractivity contribution is 0.292. The lowest BCUT2D eigenvalue weighted by atomic mass is 10.2. The Bertz CT molecular complexity index is 559. The number of hydrogen-bond acceptors (Lipinski definition) is 3. The van der Waals surface area contributed by atoms with Crippen molar-refractivity contribution >= 4 is 10.9 Å². The maximum Gasteiger partial charge on any atom is 0.131 e. The maximum atomic E-state index is 5.45. The van der Waals surface area contributed by atoms with Gasteiger partial charge >= 0.3 is 0 Å². The van der Waals surface area contributed by atoms with Gasteiger partial charge in [0.15, 0.2) is 0 Å². The van der Waals surface area contributed by atoms with Gasteiger partial charge in [-0.05, 0) is 19.2 Å². The van der Waals surface area contributed by atoms with Crippen molar-refractivity contribution in [3.63, 3.8) is 0 Å². The average molecular weight is 276 g/mol. The van der Waals surface area contributed by atoms with Gasteiger partial charge in [-0.3, -0.25) is 0 Å². The molecule has 0 unspecified atom stereocenters. The van der Waals surface area contributed by atoms with Crippen molar-refractivity contribution < 1.29 is 9.47 Å². The van der Waals surface area contributed by atoms with Gasteiger partial charge in [-0.15, -0.1) is 0 Å². The molecule has 0 N–H and O–H groups in total. The van der Waals surface area contributed by atoms with Gasteiger partial charge in [0.1, 0.15) is 11.5 Å². The van der Waals surface area contributed by atoms with E-state index in [2.05, 4.69) is 41.6 Å². The van der Waals surface area contributed by atoms with Gasteiger partial charge < -0.3 is 18.9 Å². The van der Waals surface area contributed by atoms with E-state index in [1.807, 2.05) is 6.07 Å². The monoisotopic (exact) mass is 276 g/mol. The quantitative estimate of drug-likeness (QED) is 0.778. The third-order valence-electron chi connectivity index (χ3n) is 3.83. The highest BCUT2D eigenvalue weighted by atomic mass is 16.5. The Balaban J connectivity index is 2.30. The smallest absolute Gasteiger partial charge is 0.131 e. The van der Waals surface area contributed by atoms with Crippen LogP contribution in [0, 0.1) is 0 Å². The van der Waals surface area contributed by atoms with Gasteiger partial charge in [0, 0.05) is 36.8 Å². The van der Waals surface area contributed by atoms with Crippen LogP contribution in [-0.4, -0.2) is 43.3 Å². The summed E-state index contributed by atoms with van der Waals surface area (Å²) in [6, 6.07) is 6.10. The molecule has 0 bridgehead atoms. The molecule has 0 saturated heterocycles. The van der Waals surface area contributed by atoms with Crippen LogP contribution in [0.2, 0.25) is 0 Å². The summed E-state index contributed by atoms with van der Waals surface area (Å²) < 4.78 is 13.1. The fourth-order valence-electron chi connectivity index (χ4n) is 2.51. The molecule has 0 amide bonds. The van der Waals surface area contributed by atoms with Gasteiger partial charge in [0.2, 0.25) is 0 Å². The Labute approximate surface area is 120 Å². The second kappa shape index (κ2) is 6.66. The van der Waals surface area contributed by atoms with E-state index in [9.17, 15) is 0 Å². The van der Waals surface area contributed by atoms with Crippen LogP contribution >= 0.6 is 0 Å². The molecule has 1 heterocycles. The molecule has 0 saturated carbocycles. The first-order valence-electron chi connectivity index (χ1n) is 7.16. The van der Waals surface area contributed by atoms with Crippen molar-refractivity contribution in [2.45, 2.75) is 20.4 Å². The maximum absolute atomic E-state index is 5.45. The number of aromatic nitrogens is 1. The number of benzene rings is 1. The van der Waals surface area contributed by atoms with E-state index in [-0.39, 0.29) is 0 Å². The van der Waals surface area contributed by atoms with Crippen molar-refractivity contribution in [3.8, 4) is 11.5 Å². The van der Waals surface area contributed by atoms with Gasteiger partial charge in [-0.2, -0.15) is 0 Å². The first-order chi connectivity index (χ1) is 9.73. The third-order valence-corrected chi connectivity index (χ3v) is 3.83. The molecule has 20 heavy (non-hydrogen) atoms. The molecule has 0 radical (unpaired) electrons. The Morgan fingerprint density at radius 3 is 2.45 bits per heavy atom. The van der Waals surface area contributed by atoms with Crippen LogP contribution in [0.1, 0.15) is 13.8 Å². The molecule has 1 aromatic heterocycles. The Morgan fingerprint density at radius 1 is 1.10 bits per heavy atom. The summed E-state index contributed by atoms with van der Waals surface area (Å²) in [5.41, 5.74) is 1.16. The molecule has 110 valence electrons. The minimum Gasteiger partial charge on any atom is -0.497 e. The molecule has 0 fully saturated rings. The fourth-order valence-corrected chi connectivity index (χ4v) is 2.51. The highest BCUT2D eigenvalue weighted by molar-refractivity contribution is 5.88. The molecular formula is C16H24N2O2. The molecule has 4 nitrogen and oxygen atoms in total. The van der Waals surface area contributed by atoms with Crippen molar-refractivity contribution in [2.24, 2.45) is 0 Å². The molecule has 2 aromatic rings. The van der Waals surface area contributed by atoms with Crippen molar-refractivity contribution in [2.75, 3.05) is 33.9 Å². The first kappa shape index (κ1) is 14.7. The second-order valence-corrected chi connectivity index (χ2v) is 4.80. The summed E-state index contributed by atoms with van der Waals surface area (Å²) in [7, 11) is 3.38. The molecule has 0 spiro atoms. The van der Waals surface area contributed by atoms with Gasteiger partial charge in [-0.25, -0.2) is 0 Å². The van der Waals surface area contributed by atoms with Crippen LogP contribution in [0.3, 0.4) is 0 Å². The molecule has 0 aliphatic rings. The second-order valence-electron chi connectivity index (χ2n) is 4.80. The van der Waals surface area contributed by atoms with E-state index in [0.717, 1.165) is 48.6 Å². The molecule has 0 aliphatic carbocycles. The van der Waals surface area contributed by atoms with E-state index < -0.39 is 0 Å². The van der Waals surface area contributed by atoms with E-state index in [0.29, 0.717) is 0 Å². The molecule has 2 rings (SSSR count). The zero-order valence-corrected chi connectivity index (χ0v) is 12.8. The van der Waals surface area contributed by atoms with Gasteiger partial charge in [0.05, 0.1) is 19.7 Å². The zero-order chi connectivity index (χ0) is 14.5. The molecule has 0 aliphatic heterocycles. The normalized spacial score (nSPS) is 11.2. The Morgan fingerprint density at radius 2 is 1.85 bits per heavy atom. The largest absolute Gasteiger partial charge is 0.497 e. The topological polar surface area (TPSA) is 26.6 Å². The summed E-state index contributed by atoms with van der Waals surface area (Å²) in [6.45, 7) is 8.59. The number of ether oxygens (including phenoxy) is 2. The van der Waals surface area contributed by atoms with Crippen LogP contribution < -0.4 is 9.47 Å². The molecule has 0 atom stereocenters. The van der Waals surface area contributed by atoms with Gasteiger partial charge in [0.25, 0.3) is 0 Å². The lowest BCUT2D eigenvalue weighted by Gasteiger charge is -2.18. The average Bonchev–Trinajstić information content (AvgIpc) is 2.90. The zero-order valence-electron chi connectivity index (χ0n) is 12.8. The minimum absolute atomic E-state index is 0.831.